The van der Waals surface area contributed by atoms with Gasteiger partial charge in [0.1, 0.15) is 18.2 Å². The van der Waals surface area contributed by atoms with Gasteiger partial charge < -0.3 is 30.4 Å². The van der Waals surface area contributed by atoms with Gasteiger partial charge in [0, 0.05) is 26.6 Å². The minimum absolute atomic E-state index is 0.116. The van der Waals surface area contributed by atoms with Gasteiger partial charge in [0.05, 0.1) is 12.5 Å². The Kier molecular flexibility index (Phi) is 7.60. The largest absolute Gasteiger partial charge is 0.504 e. The Morgan fingerprint density at radius 3 is 2.60 bits per heavy atom. The molecule has 10 heteroatoms. The number of carbonyl (C=O) groups excluding carboxylic acids is 3. The lowest BCUT2D eigenvalue weighted by atomic mass is 10.00. The molecule has 1 fully saturated rings. The molecule has 0 radical (unpaired) electrons. The van der Waals surface area contributed by atoms with E-state index in [0.29, 0.717) is 18.5 Å². The quantitative estimate of drug-likeness (QED) is 0.414. The van der Waals surface area contributed by atoms with Gasteiger partial charge in [-0.1, -0.05) is 6.07 Å². The van der Waals surface area contributed by atoms with Crippen molar-refractivity contribution >= 4 is 17.7 Å². The van der Waals surface area contributed by atoms with E-state index in [1.54, 1.807) is 7.05 Å². The van der Waals surface area contributed by atoms with Crippen LogP contribution in [0, 0.1) is 11.3 Å². The number of aliphatic hydroxyl groups excluding tert-OH is 1. The fourth-order valence-corrected chi connectivity index (χ4v) is 3.12. The summed E-state index contributed by atoms with van der Waals surface area (Å²) in [5, 5.41) is 40.0. The van der Waals surface area contributed by atoms with Crippen molar-refractivity contribution < 1.29 is 29.7 Å². The van der Waals surface area contributed by atoms with Crippen molar-refractivity contribution in [3.05, 3.63) is 23.8 Å². The number of aromatic hydroxyl groups is 2. The number of likely N-dealkylation sites (tertiary alicyclic amines) is 1. The smallest absolute Gasteiger partial charge is 0.249 e. The predicted octanol–water partition coefficient (Wildman–Crippen LogP) is -0.521. The first-order chi connectivity index (χ1) is 14.1. The highest BCUT2D eigenvalue weighted by Gasteiger charge is 2.40. The molecule has 1 saturated heterocycles. The second-order valence-corrected chi connectivity index (χ2v) is 7.28. The molecular weight excluding hydrogens is 392 g/mol. The molecule has 1 aromatic rings. The van der Waals surface area contributed by atoms with Gasteiger partial charge in [-0.3, -0.25) is 14.4 Å². The van der Waals surface area contributed by atoms with Crippen molar-refractivity contribution in [1.29, 1.82) is 5.26 Å². The van der Waals surface area contributed by atoms with Gasteiger partial charge in [-0.2, -0.15) is 5.26 Å². The third kappa shape index (κ3) is 5.39. The summed E-state index contributed by atoms with van der Waals surface area (Å²) in [5.74, 6) is -2.13. The Balaban J connectivity index is 1.89. The monoisotopic (exact) mass is 418 g/mol. The molecule has 0 bridgehead atoms. The molecule has 3 unspecified atom stereocenters. The Hall–Kier alpha value is -3.32. The highest BCUT2D eigenvalue weighted by molar-refractivity contribution is 5.93. The highest BCUT2D eigenvalue weighted by Crippen LogP contribution is 2.25. The number of likely N-dealkylation sites (N-methyl/N-ethyl adjacent to an activating group) is 1. The first-order valence-corrected chi connectivity index (χ1v) is 9.57. The lowest BCUT2D eigenvalue weighted by molar-refractivity contribution is -0.154. The molecule has 1 aromatic carbocycles. The SMILES string of the molecule is CC(NC(=O)C(O)Cc1ccc(O)c(O)c1)C(=O)N1CCC1C(=O)N(C)CCC#N. The van der Waals surface area contributed by atoms with Crippen LogP contribution in [0.15, 0.2) is 18.2 Å². The molecule has 162 valence electrons. The molecule has 1 heterocycles. The van der Waals surface area contributed by atoms with Crippen LogP contribution in [-0.4, -0.2) is 81.2 Å². The summed E-state index contributed by atoms with van der Waals surface area (Å²) in [4.78, 5) is 40.1. The Morgan fingerprint density at radius 1 is 1.33 bits per heavy atom. The van der Waals surface area contributed by atoms with E-state index < -0.39 is 30.0 Å². The minimum atomic E-state index is -1.46. The van der Waals surface area contributed by atoms with E-state index in [1.165, 1.54) is 34.9 Å². The van der Waals surface area contributed by atoms with Crippen molar-refractivity contribution in [2.75, 3.05) is 20.1 Å². The molecule has 2 rings (SSSR count). The zero-order valence-electron chi connectivity index (χ0n) is 16.9. The van der Waals surface area contributed by atoms with Gasteiger partial charge in [-0.15, -0.1) is 0 Å². The minimum Gasteiger partial charge on any atom is -0.504 e. The second kappa shape index (κ2) is 9.93. The molecule has 3 atom stereocenters. The lowest BCUT2D eigenvalue weighted by Crippen LogP contribution is -2.62. The number of amides is 3. The van der Waals surface area contributed by atoms with E-state index in [-0.39, 0.29) is 36.8 Å². The third-order valence-corrected chi connectivity index (χ3v) is 5.02. The van der Waals surface area contributed by atoms with E-state index in [2.05, 4.69) is 5.32 Å². The summed E-state index contributed by atoms with van der Waals surface area (Å²) >= 11 is 0. The molecule has 0 aromatic heterocycles. The van der Waals surface area contributed by atoms with Crippen LogP contribution in [0.25, 0.3) is 0 Å². The summed E-state index contributed by atoms with van der Waals surface area (Å²) < 4.78 is 0. The van der Waals surface area contributed by atoms with Crippen LogP contribution >= 0.6 is 0 Å². The summed E-state index contributed by atoms with van der Waals surface area (Å²) in [6.45, 7) is 2.13. The number of nitrogens with one attached hydrogen (secondary N) is 1. The number of nitrogens with zero attached hydrogens (tertiary/aromatic N) is 3. The first kappa shape index (κ1) is 23.0. The molecule has 0 aliphatic carbocycles. The Labute approximate surface area is 174 Å². The topological polar surface area (TPSA) is 154 Å². The molecule has 10 nitrogen and oxygen atoms in total. The molecule has 4 N–H and O–H groups in total. The highest BCUT2D eigenvalue weighted by atomic mass is 16.3. The van der Waals surface area contributed by atoms with Gasteiger partial charge in [0.25, 0.3) is 0 Å². The summed E-state index contributed by atoms with van der Waals surface area (Å²) in [5.41, 5.74) is 0.431. The van der Waals surface area contributed by atoms with Crippen molar-refractivity contribution in [2.24, 2.45) is 0 Å². The number of aliphatic hydroxyl groups is 1. The van der Waals surface area contributed by atoms with E-state index in [0.717, 1.165) is 0 Å². The maximum atomic E-state index is 12.6. The Bertz CT molecular complexity index is 852. The number of nitriles is 1. The average Bonchev–Trinajstić information content (AvgIpc) is 2.67. The molecule has 0 saturated carbocycles. The predicted molar refractivity (Wildman–Crippen MR) is 105 cm³/mol. The van der Waals surface area contributed by atoms with E-state index >= 15 is 0 Å². The van der Waals surface area contributed by atoms with E-state index in [1.807, 2.05) is 6.07 Å². The molecular formula is C20H26N4O6. The standard InChI is InChI=1S/C20H26N4O6/c1-12(19(29)24-9-6-14(24)20(30)23(2)8-3-7-21)22-18(28)17(27)11-13-4-5-15(25)16(26)10-13/h4-5,10,12,14,17,25-27H,3,6,8-9,11H2,1-2H3,(H,22,28). The van der Waals surface area contributed by atoms with Gasteiger partial charge >= 0.3 is 0 Å². The van der Waals surface area contributed by atoms with Crippen molar-refractivity contribution in [3.8, 4) is 17.6 Å². The number of benzene rings is 1. The maximum Gasteiger partial charge on any atom is 0.249 e. The zero-order chi connectivity index (χ0) is 22.4. The summed E-state index contributed by atoms with van der Waals surface area (Å²) in [6, 6.07) is 4.34. The maximum absolute atomic E-state index is 12.6. The molecule has 3 amide bonds. The number of phenols is 2. The van der Waals surface area contributed by atoms with E-state index in [9.17, 15) is 29.7 Å². The van der Waals surface area contributed by atoms with Crippen molar-refractivity contribution in [1.82, 2.24) is 15.1 Å². The average molecular weight is 418 g/mol. The number of rotatable bonds is 8. The fourth-order valence-electron chi connectivity index (χ4n) is 3.12. The molecule has 1 aliphatic heterocycles. The summed E-state index contributed by atoms with van der Waals surface area (Å²) in [7, 11) is 1.57. The van der Waals surface area contributed by atoms with Gasteiger partial charge in [-0.25, -0.2) is 0 Å². The fraction of sp³-hybridized carbons (Fsp3) is 0.500. The van der Waals surface area contributed by atoms with Crippen LogP contribution < -0.4 is 5.32 Å². The number of hydrogen-bond acceptors (Lipinski definition) is 7. The van der Waals surface area contributed by atoms with E-state index in [4.69, 9.17) is 5.26 Å². The lowest BCUT2D eigenvalue weighted by Gasteiger charge is -2.42. The van der Waals surface area contributed by atoms with Crippen LogP contribution in [0.2, 0.25) is 0 Å². The first-order valence-electron chi connectivity index (χ1n) is 9.57. The van der Waals surface area contributed by atoms with Gasteiger partial charge in [0.15, 0.2) is 11.5 Å². The summed E-state index contributed by atoms with van der Waals surface area (Å²) in [6.07, 6.45) is -0.869. The van der Waals surface area contributed by atoms with Crippen LogP contribution in [0.1, 0.15) is 25.3 Å². The normalized spacial score (nSPS) is 17.3. The van der Waals surface area contributed by atoms with Crippen molar-refractivity contribution in [3.63, 3.8) is 0 Å². The molecule has 1 aliphatic rings. The van der Waals surface area contributed by atoms with Gasteiger partial charge in [0.2, 0.25) is 17.7 Å². The van der Waals surface area contributed by atoms with Crippen molar-refractivity contribution in [2.45, 2.75) is 44.4 Å². The number of hydrogen-bond donors (Lipinski definition) is 4. The molecule has 30 heavy (non-hydrogen) atoms. The number of carbonyl (C=O) groups is 3. The Morgan fingerprint density at radius 2 is 2.03 bits per heavy atom. The van der Waals surface area contributed by atoms with Crippen LogP contribution in [0.5, 0.6) is 11.5 Å². The third-order valence-electron chi connectivity index (χ3n) is 5.02. The second-order valence-electron chi connectivity index (χ2n) is 7.28. The zero-order valence-corrected chi connectivity index (χ0v) is 16.9. The molecule has 0 spiro atoms. The van der Waals surface area contributed by atoms with Gasteiger partial charge in [-0.05, 0) is 31.0 Å². The number of phenolic OH excluding ortho intramolecular Hbond substituents is 2. The van der Waals surface area contributed by atoms with Crippen LogP contribution in [0.4, 0.5) is 0 Å². The van der Waals surface area contributed by atoms with Crippen LogP contribution in [-0.2, 0) is 20.8 Å². The van der Waals surface area contributed by atoms with Crippen LogP contribution in [0.3, 0.4) is 0 Å².